The number of carbonyl (C=O) groups is 1. The maximum atomic E-state index is 11.6. The molecule has 4 nitrogen and oxygen atoms in total. The predicted octanol–water partition coefficient (Wildman–Crippen LogP) is 2.48. The Morgan fingerprint density at radius 1 is 1.56 bits per heavy atom. The molecule has 16 heavy (non-hydrogen) atoms. The molecule has 5 heteroatoms. The van der Waals surface area contributed by atoms with Crippen molar-refractivity contribution in [2.75, 3.05) is 7.11 Å². The van der Waals surface area contributed by atoms with Crippen LogP contribution in [0.4, 0.5) is 0 Å². The summed E-state index contributed by atoms with van der Waals surface area (Å²) in [6, 6.07) is 0. The number of aromatic nitrogens is 1. The Morgan fingerprint density at radius 3 is 2.88 bits per heavy atom. The van der Waals surface area contributed by atoms with E-state index < -0.39 is 0 Å². The van der Waals surface area contributed by atoms with Gasteiger partial charge >= 0.3 is 5.97 Å². The van der Waals surface area contributed by atoms with E-state index in [0.717, 1.165) is 22.7 Å². The van der Waals surface area contributed by atoms with Crippen molar-refractivity contribution < 1.29 is 14.3 Å². The Bertz CT molecular complexity index is 402. The second-order valence-electron chi connectivity index (χ2n) is 3.95. The van der Waals surface area contributed by atoms with Crippen molar-refractivity contribution in [1.82, 2.24) is 4.98 Å². The smallest absolute Gasteiger partial charge is 0.357 e. The highest BCUT2D eigenvalue weighted by atomic mass is 32.1. The average Bonchev–Trinajstić information content (AvgIpc) is 2.83. The van der Waals surface area contributed by atoms with Crippen molar-refractivity contribution in [3.63, 3.8) is 0 Å². The van der Waals surface area contributed by atoms with E-state index >= 15 is 0 Å². The molecule has 2 atom stereocenters. The third-order valence-electron chi connectivity index (χ3n) is 2.66. The lowest BCUT2D eigenvalue weighted by molar-refractivity contribution is 0.0509. The number of rotatable bonds is 2. The Labute approximate surface area is 98.6 Å². The normalized spacial score (nSPS) is 24.7. The molecule has 0 radical (unpaired) electrons. The van der Waals surface area contributed by atoms with Gasteiger partial charge in [-0.3, -0.25) is 0 Å². The second kappa shape index (κ2) is 4.51. The quantitative estimate of drug-likeness (QED) is 0.746. The Hall–Kier alpha value is -0.940. The highest BCUT2D eigenvalue weighted by Crippen LogP contribution is 2.37. The van der Waals surface area contributed by atoms with Gasteiger partial charge in [0, 0.05) is 0 Å². The lowest BCUT2D eigenvalue weighted by Gasteiger charge is -2.09. The summed E-state index contributed by atoms with van der Waals surface area (Å²) in [6.07, 6.45) is 2.25. The number of ether oxygens (including phenoxy) is 2. The molecule has 0 N–H and O–H groups in total. The van der Waals surface area contributed by atoms with E-state index in [2.05, 4.69) is 4.98 Å². The fraction of sp³-hybridized carbons (Fsp3) is 0.636. The molecule has 0 bridgehead atoms. The molecular formula is C11H15NO3S. The van der Waals surface area contributed by atoms with Gasteiger partial charge in [-0.1, -0.05) is 0 Å². The molecule has 0 aliphatic carbocycles. The summed E-state index contributed by atoms with van der Waals surface area (Å²) in [7, 11) is 1.37. The predicted molar refractivity (Wildman–Crippen MR) is 60.7 cm³/mol. The molecule has 1 aliphatic rings. The highest BCUT2D eigenvalue weighted by molar-refractivity contribution is 7.11. The lowest BCUT2D eigenvalue weighted by atomic mass is 10.1. The Morgan fingerprint density at radius 2 is 2.31 bits per heavy atom. The van der Waals surface area contributed by atoms with Gasteiger partial charge in [0.05, 0.1) is 29.2 Å². The zero-order valence-electron chi connectivity index (χ0n) is 9.65. The minimum atomic E-state index is -0.373. The topological polar surface area (TPSA) is 48.4 Å². The molecule has 1 aliphatic heterocycles. The summed E-state index contributed by atoms with van der Waals surface area (Å²) in [4.78, 5) is 16.7. The number of hydrogen-bond donors (Lipinski definition) is 0. The summed E-state index contributed by atoms with van der Waals surface area (Å²) < 4.78 is 10.5. The molecular weight excluding hydrogens is 226 g/mol. The number of hydrogen-bond acceptors (Lipinski definition) is 5. The van der Waals surface area contributed by atoms with Crippen molar-refractivity contribution in [1.29, 1.82) is 0 Å². The molecule has 0 saturated carbocycles. The zero-order valence-corrected chi connectivity index (χ0v) is 10.5. The van der Waals surface area contributed by atoms with Crippen LogP contribution in [-0.2, 0) is 9.47 Å². The van der Waals surface area contributed by atoms with E-state index in [1.54, 1.807) is 0 Å². The van der Waals surface area contributed by atoms with Crippen molar-refractivity contribution in [3.05, 3.63) is 15.6 Å². The van der Waals surface area contributed by atoms with Crippen molar-refractivity contribution in [2.45, 2.75) is 38.9 Å². The largest absolute Gasteiger partial charge is 0.464 e. The summed E-state index contributed by atoms with van der Waals surface area (Å²) in [5, 5.41) is 0.874. The summed E-state index contributed by atoms with van der Waals surface area (Å²) in [6.45, 7) is 3.94. The first-order valence-electron chi connectivity index (χ1n) is 5.33. The van der Waals surface area contributed by atoms with Crippen LogP contribution in [0.15, 0.2) is 0 Å². The number of methoxy groups -OCH3 is 1. The first-order valence-corrected chi connectivity index (χ1v) is 6.14. The molecule has 1 aromatic rings. The molecule has 2 rings (SSSR count). The van der Waals surface area contributed by atoms with E-state index in [1.165, 1.54) is 18.4 Å². The molecule has 0 aromatic carbocycles. The van der Waals surface area contributed by atoms with Crippen LogP contribution in [0.5, 0.6) is 0 Å². The third-order valence-corrected chi connectivity index (χ3v) is 3.73. The van der Waals surface area contributed by atoms with Gasteiger partial charge in [-0.05, 0) is 26.7 Å². The molecule has 88 valence electrons. The minimum Gasteiger partial charge on any atom is -0.464 e. The molecule has 1 aromatic heterocycles. The van der Waals surface area contributed by atoms with Crippen LogP contribution in [0.2, 0.25) is 0 Å². The summed E-state index contributed by atoms with van der Waals surface area (Å²) in [5.74, 6) is -0.373. The number of esters is 1. The van der Waals surface area contributed by atoms with Crippen LogP contribution in [0.1, 0.15) is 46.2 Å². The van der Waals surface area contributed by atoms with Gasteiger partial charge in [0.1, 0.15) is 0 Å². The maximum absolute atomic E-state index is 11.6. The third kappa shape index (κ3) is 2.10. The van der Waals surface area contributed by atoms with E-state index in [4.69, 9.17) is 9.47 Å². The highest BCUT2D eigenvalue weighted by Gasteiger charge is 2.30. The Kier molecular flexibility index (Phi) is 3.25. The second-order valence-corrected chi connectivity index (χ2v) is 5.18. The summed E-state index contributed by atoms with van der Waals surface area (Å²) in [5.41, 5.74) is 0.420. The number of carbonyl (C=O) groups excluding carboxylic acids is 1. The van der Waals surface area contributed by atoms with Gasteiger partial charge < -0.3 is 9.47 Å². The number of aryl methyl sites for hydroxylation is 1. The van der Waals surface area contributed by atoms with Crippen LogP contribution in [-0.4, -0.2) is 24.2 Å². The van der Waals surface area contributed by atoms with Crippen LogP contribution < -0.4 is 0 Å². The molecule has 0 amide bonds. The first-order chi connectivity index (χ1) is 7.61. The first kappa shape index (κ1) is 11.5. The molecule has 2 unspecified atom stereocenters. The molecule has 0 spiro atoms. The molecule has 1 fully saturated rings. The van der Waals surface area contributed by atoms with Crippen molar-refractivity contribution in [2.24, 2.45) is 0 Å². The van der Waals surface area contributed by atoms with E-state index in [1.807, 2.05) is 13.8 Å². The maximum Gasteiger partial charge on any atom is 0.357 e. The van der Waals surface area contributed by atoms with Crippen molar-refractivity contribution in [3.8, 4) is 0 Å². The van der Waals surface area contributed by atoms with Gasteiger partial charge in [0.15, 0.2) is 5.69 Å². The average molecular weight is 241 g/mol. The number of thiazole rings is 1. The standard InChI is InChI=1S/C11H15NO3S/c1-6-4-5-8(15-6)10-9(11(13)14-3)12-7(2)16-10/h6,8H,4-5H2,1-3H3. The lowest BCUT2D eigenvalue weighted by Crippen LogP contribution is -2.08. The Balaban J connectivity index is 2.29. The molecule has 2 heterocycles. The van der Waals surface area contributed by atoms with Gasteiger partial charge in [-0.25, -0.2) is 9.78 Å². The fourth-order valence-corrected chi connectivity index (χ4v) is 2.89. The van der Waals surface area contributed by atoms with E-state index in [9.17, 15) is 4.79 Å². The van der Waals surface area contributed by atoms with Crippen LogP contribution in [0, 0.1) is 6.92 Å². The van der Waals surface area contributed by atoms with Crippen LogP contribution in [0.3, 0.4) is 0 Å². The van der Waals surface area contributed by atoms with Gasteiger partial charge in [-0.2, -0.15) is 0 Å². The van der Waals surface area contributed by atoms with Gasteiger partial charge in [0.25, 0.3) is 0 Å². The number of nitrogens with zero attached hydrogens (tertiary/aromatic N) is 1. The van der Waals surface area contributed by atoms with E-state index in [0.29, 0.717) is 5.69 Å². The monoisotopic (exact) mass is 241 g/mol. The van der Waals surface area contributed by atoms with Gasteiger partial charge in [-0.15, -0.1) is 11.3 Å². The SMILES string of the molecule is COC(=O)c1nc(C)sc1C1CCC(C)O1. The molecule has 1 saturated heterocycles. The van der Waals surface area contributed by atoms with Crippen LogP contribution >= 0.6 is 11.3 Å². The fourth-order valence-electron chi connectivity index (χ4n) is 1.90. The van der Waals surface area contributed by atoms with Gasteiger partial charge in [0.2, 0.25) is 0 Å². The zero-order chi connectivity index (χ0) is 11.7. The van der Waals surface area contributed by atoms with Crippen LogP contribution in [0.25, 0.3) is 0 Å². The van der Waals surface area contributed by atoms with Crippen molar-refractivity contribution >= 4 is 17.3 Å². The minimum absolute atomic E-state index is 0.00954. The van der Waals surface area contributed by atoms with E-state index in [-0.39, 0.29) is 18.2 Å². The summed E-state index contributed by atoms with van der Waals surface area (Å²) >= 11 is 1.52.